The third-order valence-corrected chi connectivity index (χ3v) is 5.56. The Hall–Kier alpha value is -0.260. The second-order valence-electron chi connectivity index (χ2n) is 5.57. The van der Waals surface area contributed by atoms with Gasteiger partial charge in [0.15, 0.2) is 0 Å². The molecule has 0 saturated carbocycles. The number of amides is 1. The Bertz CT molecular complexity index is 268. The van der Waals surface area contributed by atoms with Crippen molar-refractivity contribution < 1.29 is 9.90 Å². The third kappa shape index (κ3) is 4.97. The first-order valence-corrected chi connectivity index (χ1v) is 8.38. The number of hydrogen-bond donors (Lipinski definition) is 2. The van der Waals surface area contributed by atoms with Gasteiger partial charge in [0.2, 0.25) is 5.91 Å². The van der Waals surface area contributed by atoms with Gasteiger partial charge in [-0.1, -0.05) is 13.8 Å². The maximum atomic E-state index is 12.0. The van der Waals surface area contributed by atoms with Gasteiger partial charge in [0.1, 0.15) is 0 Å². The SMILES string of the molecule is CCC(CC)(CO)CNC(=O)CN(C)C1CCSC1. The predicted molar refractivity (Wildman–Crippen MR) is 81.5 cm³/mol. The highest BCUT2D eigenvalue weighted by Crippen LogP contribution is 2.24. The quantitative estimate of drug-likeness (QED) is 0.708. The number of carbonyl (C=O) groups is 1. The Kier molecular flexibility index (Phi) is 7.18. The summed E-state index contributed by atoms with van der Waals surface area (Å²) in [6.07, 6.45) is 2.95. The number of nitrogens with one attached hydrogen (secondary N) is 1. The number of nitrogens with zero attached hydrogens (tertiary/aromatic N) is 1. The Morgan fingerprint density at radius 2 is 2.16 bits per heavy atom. The second kappa shape index (κ2) is 8.12. The summed E-state index contributed by atoms with van der Waals surface area (Å²) in [5, 5.41) is 12.5. The minimum Gasteiger partial charge on any atom is -0.396 e. The molecular weight excluding hydrogens is 260 g/mol. The van der Waals surface area contributed by atoms with Gasteiger partial charge in [-0.3, -0.25) is 9.69 Å². The Labute approximate surface area is 121 Å². The molecule has 1 unspecified atom stereocenters. The van der Waals surface area contributed by atoms with Crippen molar-refractivity contribution in [1.82, 2.24) is 10.2 Å². The first kappa shape index (κ1) is 16.8. The van der Waals surface area contributed by atoms with Crippen LogP contribution in [0.25, 0.3) is 0 Å². The van der Waals surface area contributed by atoms with E-state index >= 15 is 0 Å². The van der Waals surface area contributed by atoms with Crippen molar-refractivity contribution in [1.29, 1.82) is 0 Å². The van der Waals surface area contributed by atoms with E-state index in [1.807, 2.05) is 18.8 Å². The highest BCUT2D eigenvalue weighted by molar-refractivity contribution is 7.99. The van der Waals surface area contributed by atoms with Crippen LogP contribution in [0.4, 0.5) is 0 Å². The lowest BCUT2D eigenvalue weighted by Crippen LogP contribution is -2.45. The number of likely N-dealkylation sites (N-methyl/N-ethyl adjacent to an activating group) is 1. The molecule has 5 heteroatoms. The van der Waals surface area contributed by atoms with E-state index < -0.39 is 0 Å². The van der Waals surface area contributed by atoms with Crippen LogP contribution in [0.3, 0.4) is 0 Å². The maximum absolute atomic E-state index is 12.0. The van der Waals surface area contributed by atoms with Gasteiger partial charge in [0.05, 0.1) is 13.2 Å². The average molecular weight is 288 g/mol. The molecule has 0 bridgehead atoms. The van der Waals surface area contributed by atoms with E-state index in [1.165, 1.54) is 12.2 Å². The molecule has 1 aliphatic rings. The lowest BCUT2D eigenvalue weighted by molar-refractivity contribution is -0.123. The highest BCUT2D eigenvalue weighted by Gasteiger charge is 2.26. The van der Waals surface area contributed by atoms with Crippen LogP contribution in [0.15, 0.2) is 0 Å². The largest absolute Gasteiger partial charge is 0.396 e. The molecule has 1 atom stereocenters. The van der Waals surface area contributed by atoms with Crippen LogP contribution in [-0.4, -0.2) is 60.2 Å². The van der Waals surface area contributed by atoms with Crippen molar-refractivity contribution in [2.45, 2.75) is 39.2 Å². The molecule has 1 heterocycles. The minimum atomic E-state index is -0.155. The van der Waals surface area contributed by atoms with E-state index in [0.29, 0.717) is 19.1 Å². The molecule has 1 aliphatic heterocycles. The van der Waals surface area contributed by atoms with Crippen LogP contribution in [0.2, 0.25) is 0 Å². The number of hydrogen-bond acceptors (Lipinski definition) is 4. The molecule has 0 radical (unpaired) electrons. The van der Waals surface area contributed by atoms with Gasteiger partial charge in [-0.15, -0.1) is 0 Å². The average Bonchev–Trinajstić information content (AvgIpc) is 2.95. The monoisotopic (exact) mass is 288 g/mol. The van der Waals surface area contributed by atoms with Gasteiger partial charge in [-0.25, -0.2) is 0 Å². The van der Waals surface area contributed by atoms with Gasteiger partial charge in [-0.2, -0.15) is 11.8 Å². The molecule has 2 N–H and O–H groups in total. The number of carbonyl (C=O) groups excluding carboxylic acids is 1. The summed E-state index contributed by atoms with van der Waals surface area (Å²) in [7, 11) is 2.02. The fourth-order valence-corrected chi connectivity index (χ4v) is 3.65. The Morgan fingerprint density at radius 3 is 2.63 bits per heavy atom. The first-order chi connectivity index (χ1) is 9.06. The van der Waals surface area contributed by atoms with Gasteiger partial charge < -0.3 is 10.4 Å². The van der Waals surface area contributed by atoms with E-state index in [4.69, 9.17) is 0 Å². The normalized spacial score (nSPS) is 19.9. The summed E-state index contributed by atoms with van der Waals surface area (Å²) in [6.45, 7) is 5.29. The summed E-state index contributed by atoms with van der Waals surface area (Å²) in [4.78, 5) is 14.1. The zero-order valence-corrected chi connectivity index (χ0v) is 13.3. The molecular formula is C14H28N2O2S. The molecule has 1 saturated heterocycles. The van der Waals surface area contributed by atoms with Crippen molar-refractivity contribution >= 4 is 17.7 Å². The van der Waals surface area contributed by atoms with Crippen molar-refractivity contribution in [2.75, 3.05) is 38.2 Å². The predicted octanol–water partition coefficient (Wildman–Crippen LogP) is 1.34. The molecule has 0 aromatic carbocycles. The van der Waals surface area contributed by atoms with Crippen molar-refractivity contribution in [3.63, 3.8) is 0 Å². The summed E-state index contributed by atoms with van der Waals surface area (Å²) < 4.78 is 0. The van der Waals surface area contributed by atoms with Crippen molar-refractivity contribution in [3.8, 4) is 0 Å². The van der Waals surface area contributed by atoms with Gasteiger partial charge in [0.25, 0.3) is 0 Å². The molecule has 4 nitrogen and oxygen atoms in total. The van der Waals surface area contributed by atoms with Crippen LogP contribution in [0.5, 0.6) is 0 Å². The molecule has 1 amide bonds. The zero-order valence-electron chi connectivity index (χ0n) is 12.4. The van der Waals surface area contributed by atoms with E-state index in [0.717, 1.165) is 18.6 Å². The summed E-state index contributed by atoms with van der Waals surface area (Å²) in [5.74, 6) is 2.41. The molecule has 0 aromatic heterocycles. The summed E-state index contributed by atoms with van der Waals surface area (Å²) >= 11 is 1.96. The minimum absolute atomic E-state index is 0.0686. The Balaban J connectivity index is 2.34. The van der Waals surface area contributed by atoms with Crippen molar-refractivity contribution in [2.24, 2.45) is 5.41 Å². The second-order valence-corrected chi connectivity index (χ2v) is 6.72. The van der Waals surface area contributed by atoms with E-state index in [1.54, 1.807) is 0 Å². The highest BCUT2D eigenvalue weighted by atomic mass is 32.2. The molecule has 1 rings (SSSR count). The molecule has 0 aliphatic carbocycles. The number of aliphatic hydroxyl groups is 1. The van der Waals surface area contributed by atoms with Crippen LogP contribution in [-0.2, 0) is 4.79 Å². The smallest absolute Gasteiger partial charge is 0.234 e. The van der Waals surface area contributed by atoms with Gasteiger partial charge >= 0.3 is 0 Å². The van der Waals surface area contributed by atoms with Gasteiger partial charge in [0, 0.05) is 23.8 Å². The molecule has 19 heavy (non-hydrogen) atoms. The molecule has 0 spiro atoms. The van der Waals surface area contributed by atoms with Crippen LogP contribution in [0, 0.1) is 5.41 Å². The maximum Gasteiger partial charge on any atom is 0.234 e. The zero-order chi connectivity index (χ0) is 14.3. The topological polar surface area (TPSA) is 52.6 Å². The summed E-state index contributed by atoms with van der Waals surface area (Å²) in [6, 6.07) is 0.538. The van der Waals surface area contributed by atoms with Gasteiger partial charge in [-0.05, 0) is 32.1 Å². The van der Waals surface area contributed by atoms with E-state index in [2.05, 4.69) is 24.1 Å². The van der Waals surface area contributed by atoms with Crippen LogP contribution < -0.4 is 5.32 Å². The molecule has 0 aromatic rings. The van der Waals surface area contributed by atoms with Crippen molar-refractivity contribution in [3.05, 3.63) is 0 Å². The Morgan fingerprint density at radius 1 is 1.47 bits per heavy atom. The number of aliphatic hydroxyl groups excluding tert-OH is 1. The number of rotatable bonds is 8. The molecule has 1 fully saturated rings. The number of thioether (sulfide) groups is 1. The molecule has 112 valence electrons. The summed E-state index contributed by atoms with van der Waals surface area (Å²) in [5.41, 5.74) is -0.155. The lowest BCUT2D eigenvalue weighted by Gasteiger charge is -2.30. The van der Waals surface area contributed by atoms with Crippen LogP contribution in [0.1, 0.15) is 33.1 Å². The van der Waals surface area contributed by atoms with E-state index in [-0.39, 0.29) is 17.9 Å². The van der Waals surface area contributed by atoms with E-state index in [9.17, 15) is 9.90 Å². The van der Waals surface area contributed by atoms with Crippen LogP contribution >= 0.6 is 11.8 Å². The fourth-order valence-electron chi connectivity index (χ4n) is 2.35. The standard InChI is InChI=1S/C14H28N2O2S/c1-4-14(5-2,11-17)10-15-13(18)8-16(3)12-6-7-19-9-12/h12,17H,4-11H2,1-3H3,(H,15,18). The fraction of sp³-hybridized carbons (Fsp3) is 0.929. The first-order valence-electron chi connectivity index (χ1n) is 7.22. The third-order valence-electron chi connectivity index (χ3n) is 4.42. The lowest BCUT2D eigenvalue weighted by atomic mass is 9.83.